The van der Waals surface area contributed by atoms with Crippen molar-refractivity contribution in [3.63, 3.8) is 0 Å². The number of hydrogen-bond donors (Lipinski definition) is 2. The fourth-order valence-electron chi connectivity index (χ4n) is 3.20. The highest BCUT2D eigenvalue weighted by Gasteiger charge is 2.25. The zero-order valence-electron chi connectivity index (χ0n) is 11.2. The van der Waals surface area contributed by atoms with Crippen molar-refractivity contribution in [3.8, 4) is 0 Å². The molecule has 4 heteroatoms. The molecule has 102 valence electrons. The molecule has 1 fully saturated rings. The number of amides is 1. The maximum absolute atomic E-state index is 11.2. The number of nitrogens with zero attached hydrogens (tertiary/aromatic N) is 1. The zero-order valence-corrected chi connectivity index (χ0v) is 11.2. The minimum absolute atomic E-state index is 0.0638. The van der Waals surface area contributed by atoms with E-state index in [9.17, 15) is 4.79 Å². The number of piperidine rings is 1. The Morgan fingerprint density at radius 1 is 1.32 bits per heavy atom. The van der Waals surface area contributed by atoms with Crippen LogP contribution in [-0.2, 0) is 17.8 Å². The predicted octanol–water partition coefficient (Wildman–Crippen LogP) is 1.03. The summed E-state index contributed by atoms with van der Waals surface area (Å²) in [7, 11) is 0. The molecule has 3 N–H and O–H groups in total. The van der Waals surface area contributed by atoms with Gasteiger partial charge in [-0.3, -0.25) is 4.79 Å². The lowest BCUT2D eigenvalue weighted by atomic mass is 9.93. The van der Waals surface area contributed by atoms with Gasteiger partial charge in [-0.2, -0.15) is 0 Å². The van der Waals surface area contributed by atoms with E-state index in [2.05, 4.69) is 28.4 Å². The van der Waals surface area contributed by atoms with Crippen LogP contribution < -0.4 is 16.0 Å². The van der Waals surface area contributed by atoms with Crippen LogP contribution in [0.2, 0.25) is 0 Å². The molecular formula is C15H21N3O. The average molecular weight is 259 g/mol. The third-order valence-corrected chi connectivity index (χ3v) is 4.36. The van der Waals surface area contributed by atoms with Crippen molar-refractivity contribution >= 4 is 11.6 Å². The van der Waals surface area contributed by atoms with Crippen LogP contribution in [0.4, 0.5) is 5.69 Å². The lowest BCUT2D eigenvalue weighted by Gasteiger charge is -2.35. The molecule has 0 aliphatic carbocycles. The van der Waals surface area contributed by atoms with Crippen LogP contribution >= 0.6 is 0 Å². The smallest absolute Gasteiger partial charge is 0.220 e. The van der Waals surface area contributed by atoms with Gasteiger partial charge in [-0.15, -0.1) is 0 Å². The molecule has 0 spiro atoms. The highest BCUT2D eigenvalue weighted by Crippen LogP contribution is 2.29. The van der Waals surface area contributed by atoms with Gasteiger partial charge in [0.1, 0.15) is 0 Å². The Balaban J connectivity index is 1.78. The monoisotopic (exact) mass is 259 g/mol. The van der Waals surface area contributed by atoms with Crippen molar-refractivity contribution in [2.45, 2.75) is 25.8 Å². The molecule has 19 heavy (non-hydrogen) atoms. The SMILES string of the molecule is NC(=O)C1CCN(c2cccc3c2CNCC3)CC1. The highest BCUT2D eigenvalue weighted by atomic mass is 16.1. The molecule has 0 saturated carbocycles. The second-order valence-electron chi connectivity index (χ2n) is 5.51. The van der Waals surface area contributed by atoms with E-state index in [1.807, 2.05) is 0 Å². The molecule has 3 rings (SSSR count). The van der Waals surface area contributed by atoms with Crippen molar-refractivity contribution in [2.24, 2.45) is 11.7 Å². The predicted molar refractivity (Wildman–Crippen MR) is 76.0 cm³/mol. The van der Waals surface area contributed by atoms with E-state index in [1.54, 1.807) is 0 Å². The fraction of sp³-hybridized carbons (Fsp3) is 0.533. The van der Waals surface area contributed by atoms with E-state index in [0.717, 1.165) is 45.4 Å². The van der Waals surface area contributed by atoms with Gasteiger partial charge in [0.05, 0.1) is 0 Å². The van der Waals surface area contributed by atoms with Crippen LogP contribution in [0.5, 0.6) is 0 Å². The molecule has 2 aliphatic rings. The second-order valence-corrected chi connectivity index (χ2v) is 5.51. The molecule has 0 atom stereocenters. The minimum atomic E-state index is -0.142. The van der Waals surface area contributed by atoms with E-state index in [-0.39, 0.29) is 11.8 Å². The van der Waals surface area contributed by atoms with E-state index in [4.69, 9.17) is 5.73 Å². The quantitative estimate of drug-likeness (QED) is 0.834. The molecule has 0 radical (unpaired) electrons. The minimum Gasteiger partial charge on any atom is -0.371 e. The molecule has 1 aromatic rings. The zero-order chi connectivity index (χ0) is 13.2. The van der Waals surface area contributed by atoms with Gasteiger partial charge in [0.15, 0.2) is 0 Å². The number of nitrogens with one attached hydrogen (secondary N) is 1. The third-order valence-electron chi connectivity index (χ3n) is 4.36. The molecule has 2 aliphatic heterocycles. The second kappa shape index (κ2) is 5.21. The Morgan fingerprint density at radius 3 is 2.84 bits per heavy atom. The van der Waals surface area contributed by atoms with Gasteiger partial charge in [-0.05, 0) is 43.0 Å². The van der Waals surface area contributed by atoms with Crippen LogP contribution in [-0.4, -0.2) is 25.5 Å². The summed E-state index contributed by atoms with van der Waals surface area (Å²) in [5.41, 5.74) is 9.64. The first-order valence-electron chi connectivity index (χ1n) is 7.11. The van der Waals surface area contributed by atoms with Crippen LogP contribution in [0.1, 0.15) is 24.0 Å². The molecular weight excluding hydrogens is 238 g/mol. The lowest BCUT2D eigenvalue weighted by Crippen LogP contribution is -2.39. The number of nitrogens with two attached hydrogens (primary N) is 1. The van der Waals surface area contributed by atoms with Crippen LogP contribution in [0.3, 0.4) is 0 Å². The summed E-state index contributed by atoms with van der Waals surface area (Å²) in [4.78, 5) is 13.6. The first kappa shape index (κ1) is 12.5. The summed E-state index contributed by atoms with van der Waals surface area (Å²) < 4.78 is 0. The van der Waals surface area contributed by atoms with Crippen molar-refractivity contribution in [1.29, 1.82) is 0 Å². The van der Waals surface area contributed by atoms with Crippen LogP contribution in [0, 0.1) is 5.92 Å². The maximum Gasteiger partial charge on any atom is 0.220 e. The van der Waals surface area contributed by atoms with Crippen LogP contribution in [0.25, 0.3) is 0 Å². The molecule has 0 aromatic heterocycles. The molecule has 4 nitrogen and oxygen atoms in total. The topological polar surface area (TPSA) is 58.4 Å². The Labute approximate surface area is 114 Å². The number of anilines is 1. The largest absolute Gasteiger partial charge is 0.371 e. The molecule has 1 aromatic carbocycles. The molecule has 1 saturated heterocycles. The Morgan fingerprint density at radius 2 is 2.11 bits per heavy atom. The molecule has 1 amide bonds. The van der Waals surface area contributed by atoms with Gasteiger partial charge in [0.25, 0.3) is 0 Å². The van der Waals surface area contributed by atoms with Crippen molar-refractivity contribution in [3.05, 3.63) is 29.3 Å². The lowest BCUT2D eigenvalue weighted by molar-refractivity contribution is -0.122. The van der Waals surface area contributed by atoms with Gasteiger partial charge < -0.3 is 16.0 Å². The maximum atomic E-state index is 11.2. The van der Waals surface area contributed by atoms with Crippen molar-refractivity contribution in [2.75, 3.05) is 24.5 Å². The van der Waals surface area contributed by atoms with Crippen molar-refractivity contribution < 1.29 is 4.79 Å². The van der Waals surface area contributed by atoms with E-state index >= 15 is 0 Å². The van der Waals surface area contributed by atoms with E-state index in [0.29, 0.717) is 0 Å². The summed E-state index contributed by atoms with van der Waals surface area (Å²) in [5, 5.41) is 3.45. The Kier molecular flexibility index (Phi) is 3.42. The van der Waals surface area contributed by atoms with Gasteiger partial charge in [0, 0.05) is 31.2 Å². The first-order chi connectivity index (χ1) is 9.25. The summed E-state index contributed by atoms with van der Waals surface area (Å²) in [5.74, 6) is -0.0784. The van der Waals surface area contributed by atoms with E-state index < -0.39 is 0 Å². The third kappa shape index (κ3) is 2.45. The number of fused-ring (bicyclic) bond motifs is 1. The van der Waals surface area contributed by atoms with Crippen molar-refractivity contribution in [1.82, 2.24) is 5.32 Å². The number of carbonyl (C=O) groups is 1. The first-order valence-corrected chi connectivity index (χ1v) is 7.11. The number of carbonyl (C=O) groups excluding carboxylic acids is 1. The van der Waals surface area contributed by atoms with Gasteiger partial charge in [-0.1, -0.05) is 12.1 Å². The average Bonchev–Trinajstić information content (AvgIpc) is 2.47. The molecule has 2 heterocycles. The fourth-order valence-corrected chi connectivity index (χ4v) is 3.20. The molecule has 0 unspecified atom stereocenters. The number of benzene rings is 1. The summed E-state index contributed by atoms with van der Waals surface area (Å²) in [6.45, 7) is 3.90. The van der Waals surface area contributed by atoms with Gasteiger partial charge in [0.2, 0.25) is 5.91 Å². The summed E-state index contributed by atoms with van der Waals surface area (Å²) >= 11 is 0. The standard InChI is InChI=1S/C15H21N3O/c16-15(19)12-5-8-18(9-6-12)14-3-1-2-11-4-7-17-10-13(11)14/h1-3,12,17H,4-10H2,(H2,16,19). The highest BCUT2D eigenvalue weighted by molar-refractivity contribution is 5.77. The van der Waals surface area contributed by atoms with Gasteiger partial charge >= 0.3 is 0 Å². The molecule has 0 bridgehead atoms. The summed E-state index contributed by atoms with van der Waals surface area (Å²) in [6, 6.07) is 6.59. The van der Waals surface area contributed by atoms with Crippen LogP contribution in [0.15, 0.2) is 18.2 Å². The number of hydrogen-bond acceptors (Lipinski definition) is 3. The normalized spacial score (nSPS) is 20.1. The Hall–Kier alpha value is -1.55. The Bertz CT molecular complexity index is 478. The number of rotatable bonds is 2. The van der Waals surface area contributed by atoms with E-state index in [1.165, 1.54) is 16.8 Å². The number of primary amides is 1. The van der Waals surface area contributed by atoms with Gasteiger partial charge in [-0.25, -0.2) is 0 Å². The summed E-state index contributed by atoms with van der Waals surface area (Å²) in [6.07, 6.45) is 2.87.